The van der Waals surface area contributed by atoms with Gasteiger partial charge in [0, 0.05) is 27.7 Å². The van der Waals surface area contributed by atoms with Crippen LogP contribution in [0.2, 0.25) is 5.02 Å². The maximum absolute atomic E-state index is 12.9. The Kier molecular flexibility index (Phi) is 6.90. The number of aliphatic carboxylic acids is 1. The van der Waals surface area contributed by atoms with Gasteiger partial charge in [-0.1, -0.05) is 66.2 Å². The van der Waals surface area contributed by atoms with Gasteiger partial charge in [-0.05, 0) is 35.4 Å². The number of rotatable bonds is 8. The Hall–Kier alpha value is -2.56. The molecule has 0 heterocycles. The van der Waals surface area contributed by atoms with Crippen LogP contribution in [0.3, 0.4) is 0 Å². The Morgan fingerprint density at radius 2 is 1.54 bits per heavy atom. The second kappa shape index (κ2) is 9.58. The number of thioether (sulfide) groups is 1. The lowest BCUT2D eigenvalue weighted by Gasteiger charge is -2.14. The van der Waals surface area contributed by atoms with E-state index in [-0.39, 0.29) is 12.2 Å². The van der Waals surface area contributed by atoms with E-state index in [0.717, 1.165) is 16.0 Å². The number of ketones is 1. The topological polar surface area (TPSA) is 54.4 Å². The van der Waals surface area contributed by atoms with Gasteiger partial charge >= 0.3 is 5.97 Å². The van der Waals surface area contributed by atoms with Crippen LogP contribution in [0, 0.1) is 5.92 Å². The molecule has 0 saturated heterocycles. The predicted octanol–water partition coefficient (Wildman–Crippen LogP) is 6.07. The fourth-order valence-electron chi connectivity index (χ4n) is 2.87. The monoisotopic (exact) mass is 410 g/mol. The number of carbonyl (C=O) groups is 2. The molecule has 0 bridgehead atoms. The minimum atomic E-state index is -0.958. The highest BCUT2D eigenvalue weighted by Crippen LogP contribution is 2.28. The van der Waals surface area contributed by atoms with E-state index in [9.17, 15) is 14.7 Å². The van der Waals surface area contributed by atoms with Crippen molar-refractivity contribution in [2.24, 2.45) is 5.92 Å². The fourth-order valence-corrected chi connectivity index (χ4v) is 4.00. The largest absolute Gasteiger partial charge is 0.481 e. The van der Waals surface area contributed by atoms with Crippen molar-refractivity contribution in [3.05, 3.63) is 89.4 Å². The average Bonchev–Trinajstić information content (AvgIpc) is 2.72. The van der Waals surface area contributed by atoms with E-state index in [4.69, 9.17) is 11.6 Å². The Labute approximate surface area is 173 Å². The second-order valence-corrected chi connectivity index (χ2v) is 7.87. The molecular weight excluding hydrogens is 392 g/mol. The average molecular weight is 411 g/mol. The molecule has 1 N–H and O–H groups in total. The zero-order valence-corrected chi connectivity index (χ0v) is 16.6. The Morgan fingerprint density at radius 3 is 2.21 bits per heavy atom. The Bertz CT molecular complexity index is 955. The van der Waals surface area contributed by atoms with Gasteiger partial charge in [0.2, 0.25) is 0 Å². The van der Waals surface area contributed by atoms with Crippen molar-refractivity contribution in [3.63, 3.8) is 0 Å². The van der Waals surface area contributed by atoms with Crippen LogP contribution in [-0.4, -0.2) is 22.6 Å². The lowest BCUT2D eigenvalue weighted by atomic mass is 9.93. The first kappa shape index (κ1) is 20.2. The third-order valence-electron chi connectivity index (χ3n) is 4.36. The van der Waals surface area contributed by atoms with E-state index in [1.807, 2.05) is 54.6 Å². The summed E-state index contributed by atoms with van der Waals surface area (Å²) in [5.74, 6) is -1.54. The minimum Gasteiger partial charge on any atom is -0.481 e. The van der Waals surface area contributed by atoms with E-state index >= 15 is 0 Å². The van der Waals surface area contributed by atoms with Gasteiger partial charge in [-0.15, -0.1) is 11.8 Å². The molecule has 3 aromatic rings. The molecule has 0 aliphatic rings. The van der Waals surface area contributed by atoms with Crippen molar-refractivity contribution in [2.75, 3.05) is 5.75 Å². The summed E-state index contributed by atoms with van der Waals surface area (Å²) in [4.78, 5) is 25.6. The van der Waals surface area contributed by atoms with Crippen LogP contribution in [0.15, 0.2) is 83.8 Å². The number of carbonyl (C=O) groups excluding carboxylic acids is 1. The van der Waals surface area contributed by atoms with Gasteiger partial charge in [0.15, 0.2) is 5.78 Å². The van der Waals surface area contributed by atoms with E-state index < -0.39 is 11.9 Å². The van der Waals surface area contributed by atoms with Crippen LogP contribution in [0.4, 0.5) is 0 Å². The lowest BCUT2D eigenvalue weighted by molar-refractivity contribution is -0.140. The molecule has 1 unspecified atom stereocenters. The normalized spacial score (nSPS) is 11.8. The molecule has 0 fully saturated rings. The molecule has 0 aliphatic heterocycles. The van der Waals surface area contributed by atoms with Crippen molar-refractivity contribution < 1.29 is 14.7 Å². The number of Topliss-reactive ketones (excluding diaryl/α,β-unsaturated/α-hetero) is 1. The summed E-state index contributed by atoms with van der Waals surface area (Å²) >= 11 is 7.40. The second-order valence-electron chi connectivity index (χ2n) is 6.34. The fraction of sp³-hybridized carbons (Fsp3) is 0.130. The van der Waals surface area contributed by atoms with Gasteiger partial charge in [-0.3, -0.25) is 9.59 Å². The summed E-state index contributed by atoms with van der Waals surface area (Å²) in [6.07, 6.45) is -0.0419. The molecule has 142 valence electrons. The van der Waals surface area contributed by atoms with Crippen molar-refractivity contribution in [2.45, 2.75) is 11.3 Å². The van der Waals surface area contributed by atoms with Crippen LogP contribution < -0.4 is 0 Å². The van der Waals surface area contributed by atoms with Crippen molar-refractivity contribution >= 4 is 35.1 Å². The standard InChI is InChI=1S/C23H19ClO3S/c24-18-12-10-16(11-13-18)20-8-4-5-9-21(20)22(25)14-17(23(26)27)15-28-19-6-2-1-3-7-19/h1-13,17H,14-15H2,(H,26,27). The predicted molar refractivity (Wildman–Crippen MR) is 114 cm³/mol. The molecule has 0 amide bonds. The van der Waals surface area contributed by atoms with E-state index in [1.165, 1.54) is 11.8 Å². The number of benzene rings is 3. The quantitative estimate of drug-likeness (QED) is 0.361. The highest BCUT2D eigenvalue weighted by atomic mass is 35.5. The van der Waals surface area contributed by atoms with Gasteiger partial charge in [0.25, 0.3) is 0 Å². The molecule has 0 aliphatic carbocycles. The maximum atomic E-state index is 12.9. The molecule has 3 nitrogen and oxygen atoms in total. The van der Waals surface area contributed by atoms with E-state index in [1.54, 1.807) is 24.3 Å². The molecule has 28 heavy (non-hydrogen) atoms. The number of carboxylic acid groups (broad SMARTS) is 1. The number of hydrogen-bond acceptors (Lipinski definition) is 3. The maximum Gasteiger partial charge on any atom is 0.307 e. The summed E-state index contributed by atoms with van der Waals surface area (Å²) in [7, 11) is 0. The van der Waals surface area contributed by atoms with E-state index in [0.29, 0.717) is 16.3 Å². The third kappa shape index (κ3) is 5.24. The van der Waals surface area contributed by atoms with Gasteiger partial charge in [-0.25, -0.2) is 0 Å². The first-order valence-corrected chi connectivity index (χ1v) is 10.2. The Balaban J connectivity index is 1.77. The van der Waals surface area contributed by atoms with Gasteiger partial charge < -0.3 is 5.11 Å². The first-order valence-electron chi connectivity index (χ1n) is 8.83. The molecule has 0 radical (unpaired) electrons. The summed E-state index contributed by atoms with van der Waals surface area (Å²) < 4.78 is 0. The zero-order chi connectivity index (χ0) is 19.9. The first-order chi connectivity index (χ1) is 13.5. The van der Waals surface area contributed by atoms with Crippen LogP contribution >= 0.6 is 23.4 Å². The molecule has 1 atom stereocenters. The molecule has 0 spiro atoms. The Morgan fingerprint density at radius 1 is 0.893 bits per heavy atom. The highest BCUT2D eigenvalue weighted by Gasteiger charge is 2.23. The van der Waals surface area contributed by atoms with Crippen molar-refractivity contribution in [1.82, 2.24) is 0 Å². The molecule has 5 heteroatoms. The summed E-state index contributed by atoms with van der Waals surface area (Å²) in [6.45, 7) is 0. The van der Waals surface area contributed by atoms with Crippen LogP contribution in [-0.2, 0) is 4.79 Å². The van der Waals surface area contributed by atoms with Gasteiger partial charge in [-0.2, -0.15) is 0 Å². The molecular formula is C23H19ClO3S. The van der Waals surface area contributed by atoms with Crippen molar-refractivity contribution in [1.29, 1.82) is 0 Å². The van der Waals surface area contributed by atoms with Crippen LogP contribution in [0.25, 0.3) is 11.1 Å². The summed E-state index contributed by atoms with van der Waals surface area (Å²) in [5, 5.41) is 10.2. The smallest absolute Gasteiger partial charge is 0.307 e. The van der Waals surface area contributed by atoms with Crippen LogP contribution in [0.5, 0.6) is 0 Å². The van der Waals surface area contributed by atoms with Gasteiger partial charge in [0.1, 0.15) is 0 Å². The minimum absolute atomic E-state index is 0.0419. The summed E-state index contributed by atoms with van der Waals surface area (Å²) in [6, 6.07) is 24.1. The molecule has 3 aromatic carbocycles. The van der Waals surface area contributed by atoms with Crippen LogP contribution in [0.1, 0.15) is 16.8 Å². The highest BCUT2D eigenvalue weighted by molar-refractivity contribution is 7.99. The summed E-state index contributed by atoms with van der Waals surface area (Å²) in [5.41, 5.74) is 2.18. The molecule has 3 rings (SSSR count). The zero-order valence-electron chi connectivity index (χ0n) is 15.0. The molecule has 0 saturated carbocycles. The SMILES string of the molecule is O=C(CC(CSc1ccccc1)C(=O)O)c1ccccc1-c1ccc(Cl)cc1. The number of hydrogen-bond donors (Lipinski definition) is 1. The number of halogens is 1. The lowest BCUT2D eigenvalue weighted by Crippen LogP contribution is -2.20. The molecule has 0 aromatic heterocycles. The van der Waals surface area contributed by atoms with E-state index in [2.05, 4.69) is 0 Å². The van der Waals surface area contributed by atoms with Gasteiger partial charge in [0.05, 0.1) is 5.92 Å². The third-order valence-corrected chi connectivity index (χ3v) is 5.78. The number of carboxylic acids is 1. The van der Waals surface area contributed by atoms with Crippen molar-refractivity contribution in [3.8, 4) is 11.1 Å².